The van der Waals surface area contributed by atoms with Gasteiger partial charge in [-0.1, -0.05) is 0 Å². The van der Waals surface area contributed by atoms with Crippen molar-refractivity contribution in [2.75, 3.05) is 6.61 Å². The van der Waals surface area contributed by atoms with Gasteiger partial charge in [0.25, 0.3) is 0 Å². The van der Waals surface area contributed by atoms with Crippen LogP contribution < -0.4 is 4.74 Å². The number of rotatable bonds is 3. The molecule has 15 heavy (non-hydrogen) atoms. The molecule has 0 bridgehead atoms. The molecule has 1 saturated carbocycles. The Kier molecular flexibility index (Phi) is 2.91. The molecule has 0 aliphatic heterocycles. The number of hydrogen-bond acceptors (Lipinski definition) is 2. The molecule has 1 aliphatic carbocycles. The van der Waals surface area contributed by atoms with E-state index in [-0.39, 0.29) is 11.9 Å². The third kappa shape index (κ3) is 2.48. The average Bonchev–Trinajstić information content (AvgIpc) is 2.13. The summed E-state index contributed by atoms with van der Waals surface area (Å²) in [5.41, 5.74) is 0.815. The Morgan fingerprint density at radius 1 is 1.47 bits per heavy atom. The van der Waals surface area contributed by atoms with Gasteiger partial charge >= 0.3 is 0 Å². The van der Waals surface area contributed by atoms with Crippen LogP contribution in [-0.2, 0) is 0 Å². The molecule has 1 fully saturated rings. The quantitative estimate of drug-likeness (QED) is 0.829. The minimum atomic E-state index is -0.237. The van der Waals surface area contributed by atoms with Crippen molar-refractivity contribution in [3.63, 3.8) is 0 Å². The third-order valence-electron chi connectivity index (χ3n) is 2.82. The zero-order valence-corrected chi connectivity index (χ0v) is 8.74. The van der Waals surface area contributed by atoms with Crippen LogP contribution in [0.4, 0.5) is 4.39 Å². The fourth-order valence-electron chi connectivity index (χ4n) is 1.82. The predicted octanol–water partition coefficient (Wildman–Crippen LogP) is 2.28. The summed E-state index contributed by atoms with van der Waals surface area (Å²) < 4.78 is 18.4. The van der Waals surface area contributed by atoms with Gasteiger partial charge in [-0.05, 0) is 49.4 Å². The molecule has 1 aliphatic rings. The van der Waals surface area contributed by atoms with Crippen LogP contribution in [0.2, 0.25) is 0 Å². The summed E-state index contributed by atoms with van der Waals surface area (Å²) in [6.07, 6.45) is 1.49. The van der Waals surface area contributed by atoms with Crippen molar-refractivity contribution in [2.45, 2.75) is 25.9 Å². The second-order valence-corrected chi connectivity index (χ2v) is 4.21. The predicted molar refractivity (Wildman–Crippen MR) is 55.4 cm³/mol. The van der Waals surface area contributed by atoms with Gasteiger partial charge in [0.1, 0.15) is 11.6 Å². The largest absolute Gasteiger partial charge is 0.493 e. The number of aliphatic hydroxyl groups is 1. The Balaban J connectivity index is 1.88. The second kappa shape index (κ2) is 4.19. The van der Waals surface area contributed by atoms with Crippen LogP contribution >= 0.6 is 0 Å². The highest BCUT2D eigenvalue weighted by molar-refractivity contribution is 5.32. The van der Waals surface area contributed by atoms with Crippen molar-refractivity contribution in [1.82, 2.24) is 0 Å². The van der Waals surface area contributed by atoms with Crippen molar-refractivity contribution in [2.24, 2.45) is 5.92 Å². The first kappa shape index (κ1) is 10.4. The SMILES string of the molecule is Cc1cc(F)ccc1OCC1CC(O)C1. The molecule has 0 unspecified atom stereocenters. The molecule has 1 aromatic carbocycles. The lowest BCUT2D eigenvalue weighted by molar-refractivity contribution is 0.0202. The molecule has 0 spiro atoms. The van der Waals surface area contributed by atoms with E-state index in [9.17, 15) is 4.39 Å². The summed E-state index contributed by atoms with van der Waals surface area (Å²) >= 11 is 0. The molecule has 3 heteroatoms. The maximum absolute atomic E-state index is 12.8. The van der Waals surface area contributed by atoms with Crippen LogP contribution in [0.3, 0.4) is 0 Å². The lowest BCUT2D eigenvalue weighted by atomic mass is 9.83. The number of halogens is 1. The summed E-state index contributed by atoms with van der Waals surface area (Å²) in [5.74, 6) is 0.946. The van der Waals surface area contributed by atoms with E-state index in [0.717, 1.165) is 24.2 Å². The zero-order valence-electron chi connectivity index (χ0n) is 8.74. The number of hydrogen-bond donors (Lipinski definition) is 1. The fraction of sp³-hybridized carbons (Fsp3) is 0.500. The van der Waals surface area contributed by atoms with E-state index in [1.807, 2.05) is 6.92 Å². The van der Waals surface area contributed by atoms with Gasteiger partial charge in [0.05, 0.1) is 12.7 Å². The Morgan fingerprint density at radius 3 is 2.80 bits per heavy atom. The molecule has 0 saturated heterocycles. The Morgan fingerprint density at radius 2 is 2.20 bits per heavy atom. The minimum absolute atomic E-state index is 0.145. The molecule has 1 N–H and O–H groups in total. The van der Waals surface area contributed by atoms with Gasteiger partial charge in [-0.3, -0.25) is 0 Å². The number of aryl methyl sites for hydroxylation is 1. The van der Waals surface area contributed by atoms with E-state index in [0.29, 0.717) is 12.5 Å². The maximum Gasteiger partial charge on any atom is 0.123 e. The summed E-state index contributed by atoms with van der Waals surface area (Å²) in [7, 11) is 0. The van der Waals surface area contributed by atoms with E-state index in [2.05, 4.69) is 0 Å². The van der Waals surface area contributed by atoms with Gasteiger partial charge in [-0.25, -0.2) is 4.39 Å². The van der Waals surface area contributed by atoms with Gasteiger partial charge in [-0.15, -0.1) is 0 Å². The van der Waals surface area contributed by atoms with E-state index in [4.69, 9.17) is 9.84 Å². The first-order chi connectivity index (χ1) is 7.15. The van der Waals surface area contributed by atoms with E-state index in [1.54, 1.807) is 6.07 Å². The normalized spacial score (nSPS) is 24.7. The summed E-state index contributed by atoms with van der Waals surface area (Å²) in [5, 5.41) is 9.10. The van der Waals surface area contributed by atoms with Crippen molar-refractivity contribution < 1.29 is 14.2 Å². The molecule has 1 aromatic rings. The second-order valence-electron chi connectivity index (χ2n) is 4.21. The van der Waals surface area contributed by atoms with E-state index < -0.39 is 0 Å². The highest BCUT2D eigenvalue weighted by atomic mass is 19.1. The van der Waals surface area contributed by atoms with Gasteiger partial charge in [-0.2, -0.15) is 0 Å². The minimum Gasteiger partial charge on any atom is -0.493 e. The highest BCUT2D eigenvalue weighted by Crippen LogP contribution is 2.28. The molecular weight excluding hydrogens is 195 g/mol. The van der Waals surface area contributed by atoms with Crippen LogP contribution in [0, 0.1) is 18.7 Å². The Hall–Kier alpha value is -1.09. The molecule has 2 rings (SSSR count). The van der Waals surface area contributed by atoms with Gasteiger partial charge < -0.3 is 9.84 Å². The zero-order chi connectivity index (χ0) is 10.8. The van der Waals surface area contributed by atoms with Crippen molar-refractivity contribution in [3.05, 3.63) is 29.6 Å². The highest BCUT2D eigenvalue weighted by Gasteiger charge is 2.27. The first-order valence-corrected chi connectivity index (χ1v) is 5.22. The van der Waals surface area contributed by atoms with Gasteiger partial charge in [0.2, 0.25) is 0 Å². The molecule has 0 amide bonds. The molecule has 0 radical (unpaired) electrons. The van der Waals surface area contributed by atoms with E-state index in [1.165, 1.54) is 12.1 Å². The molecule has 0 heterocycles. The number of ether oxygens (including phenoxy) is 1. The fourth-order valence-corrected chi connectivity index (χ4v) is 1.82. The van der Waals surface area contributed by atoms with Crippen molar-refractivity contribution in [3.8, 4) is 5.75 Å². The van der Waals surface area contributed by atoms with Crippen LogP contribution in [0.15, 0.2) is 18.2 Å². The maximum atomic E-state index is 12.8. The van der Waals surface area contributed by atoms with Gasteiger partial charge in [0.15, 0.2) is 0 Å². The van der Waals surface area contributed by atoms with Gasteiger partial charge in [0, 0.05) is 0 Å². The van der Waals surface area contributed by atoms with Crippen LogP contribution in [0.5, 0.6) is 5.75 Å². The molecular formula is C12H15FO2. The van der Waals surface area contributed by atoms with E-state index >= 15 is 0 Å². The number of benzene rings is 1. The molecule has 0 aromatic heterocycles. The first-order valence-electron chi connectivity index (χ1n) is 5.22. The smallest absolute Gasteiger partial charge is 0.123 e. The van der Waals surface area contributed by atoms with Crippen LogP contribution in [0.25, 0.3) is 0 Å². The van der Waals surface area contributed by atoms with Crippen LogP contribution in [-0.4, -0.2) is 17.8 Å². The average molecular weight is 210 g/mol. The Bertz CT molecular complexity index is 345. The number of aliphatic hydroxyl groups excluding tert-OH is 1. The standard InChI is InChI=1S/C12H15FO2/c1-8-4-10(13)2-3-12(8)15-7-9-5-11(14)6-9/h2-4,9,11,14H,5-7H2,1H3. The lowest BCUT2D eigenvalue weighted by Gasteiger charge is -2.31. The summed E-state index contributed by atoms with van der Waals surface area (Å²) in [6.45, 7) is 2.44. The molecule has 0 atom stereocenters. The third-order valence-corrected chi connectivity index (χ3v) is 2.82. The lowest BCUT2D eigenvalue weighted by Crippen LogP contribution is -2.32. The van der Waals surface area contributed by atoms with Crippen LogP contribution in [0.1, 0.15) is 18.4 Å². The van der Waals surface area contributed by atoms with Crippen molar-refractivity contribution in [1.29, 1.82) is 0 Å². The molecule has 82 valence electrons. The topological polar surface area (TPSA) is 29.5 Å². The molecule has 2 nitrogen and oxygen atoms in total. The Labute approximate surface area is 88.7 Å². The summed E-state index contributed by atoms with van der Waals surface area (Å²) in [4.78, 5) is 0. The summed E-state index contributed by atoms with van der Waals surface area (Å²) in [6, 6.07) is 4.52. The van der Waals surface area contributed by atoms with Crippen molar-refractivity contribution >= 4 is 0 Å². The monoisotopic (exact) mass is 210 g/mol.